The summed E-state index contributed by atoms with van der Waals surface area (Å²) in [6.45, 7) is 2.27. The van der Waals surface area contributed by atoms with Crippen LogP contribution in [0, 0.1) is 0 Å². The van der Waals surface area contributed by atoms with E-state index in [2.05, 4.69) is 27.6 Å². The molecule has 0 spiro atoms. The number of H-pyrrole nitrogens is 1. The Morgan fingerprint density at radius 3 is 2.09 bits per heavy atom. The molecule has 1 aromatic carbocycles. The van der Waals surface area contributed by atoms with Crippen LogP contribution in [0.15, 0.2) is 35.6 Å². The van der Waals surface area contributed by atoms with Gasteiger partial charge in [-0.2, -0.15) is 10.2 Å². The average Bonchev–Trinajstić information content (AvgIpc) is 3.30. The lowest BCUT2D eigenvalue weighted by Gasteiger charge is -2.03. The Hall–Kier alpha value is -2.63. The van der Waals surface area contributed by atoms with Crippen LogP contribution in [-0.2, 0) is 4.79 Å². The standard InChI is InChI=1S/C27H42N4O2/c1-3-4-5-6-7-8-9-10-11-12-13-14-15-16-26(32)30-28-21-24-22-29-31-27(24)23-17-19-25(33-2)20-18-23/h17-22H,3-16H2,1-2H3,(H,29,31)(H,30,32)/b28-21+. The summed E-state index contributed by atoms with van der Waals surface area (Å²) in [5, 5.41) is 11.2. The molecule has 2 N–H and O–H groups in total. The van der Waals surface area contributed by atoms with Gasteiger partial charge in [0.1, 0.15) is 5.75 Å². The number of aromatic nitrogens is 2. The number of benzene rings is 1. The third-order valence-electron chi connectivity index (χ3n) is 5.95. The number of rotatable bonds is 18. The fraction of sp³-hybridized carbons (Fsp3) is 0.593. The quantitative estimate of drug-likeness (QED) is 0.144. The Morgan fingerprint density at radius 2 is 1.52 bits per heavy atom. The monoisotopic (exact) mass is 454 g/mol. The number of nitrogens with zero attached hydrogens (tertiary/aromatic N) is 2. The molecule has 6 nitrogen and oxygen atoms in total. The molecular formula is C27H42N4O2. The summed E-state index contributed by atoms with van der Waals surface area (Å²) in [6, 6.07) is 7.71. The number of amides is 1. The fourth-order valence-corrected chi connectivity index (χ4v) is 3.92. The van der Waals surface area contributed by atoms with Crippen molar-refractivity contribution in [2.45, 2.75) is 96.8 Å². The van der Waals surface area contributed by atoms with Crippen molar-refractivity contribution in [3.63, 3.8) is 0 Å². The number of hydrogen-bond donors (Lipinski definition) is 2. The first-order chi connectivity index (χ1) is 16.2. The predicted molar refractivity (Wildman–Crippen MR) is 137 cm³/mol. The molecule has 0 saturated heterocycles. The van der Waals surface area contributed by atoms with Crippen LogP contribution in [0.2, 0.25) is 0 Å². The van der Waals surface area contributed by atoms with E-state index in [9.17, 15) is 4.79 Å². The second kappa shape index (κ2) is 16.9. The van der Waals surface area contributed by atoms with E-state index in [0.717, 1.165) is 35.4 Å². The molecule has 0 atom stereocenters. The highest BCUT2D eigenvalue weighted by atomic mass is 16.5. The van der Waals surface area contributed by atoms with Gasteiger partial charge >= 0.3 is 0 Å². The molecule has 0 unspecified atom stereocenters. The molecule has 0 bridgehead atoms. The molecule has 6 heteroatoms. The van der Waals surface area contributed by atoms with E-state index >= 15 is 0 Å². The van der Waals surface area contributed by atoms with Crippen LogP contribution in [0.3, 0.4) is 0 Å². The van der Waals surface area contributed by atoms with Crippen molar-refractivity contribution in [1.82, 2.24) is 15.6 Å². The van der Waals surface area contributed by atoms with E-state index in [4.69, 9.17) is 4.74 Å². The highest BCUT2D eigenvalue weighted by molar-refractivity contribution is 5.89. The highest BCUT2D eigenvalue weighted by Crippen LogP contribution is 2.22. The zero-order valence-corrected chi connectivity index (χ0v) is 20.6. The Balaban J connectivity index is 1.52. The number of nitrogens with one attached hydrogen (secondary N) is 2. The molecule has 1 aromatic heterocycles. The van der Waals surface area contributed by atoms with Gasteiger partial charge in [0.15, 0.2) is 0 Å². The first kappa shape index (κ1) is 26.6. The largest absolute Gasteiger partial charge is 0.497 e. The van der Waals surface area contributed by atoms with Crippen molar-refractivity contribution in [3.05, 3.63) is 36.0 Å². The molecule has 0 saturated carbocycles. The minimum Gasteiger partial charge on any atom is -0.497 e. The first-order valence-electron chi connectivity index (χ1n) is 12.7. The zero-order chi connectivity index (χ0) is 23.6. The van der Waals surface area contributed by atoms with Gasteiger partial charge in [0.05, 0.1) is 25.2 Å². The van der Waals surface area contributed by atoms with Gasteiger partial charge in [-0.25, -0.2) is 5.43 Å². The number of carbonyl (C=O) groups is 1. The van der Waals surface area contributed by atoms with Gasteiger partial charge < -0.3 is 4.74 Å². The molecule has 0 aliphatic rings. The van der Waals surface area contributed by atoms with Crippen LogP contribution < -0.4 is 10.2 Å². The second-order valence-electron chi connectivity index (χ2n) is 8.71. The average molecular weight is 455 g/mol. The summed E-state index contributed by atoms with van der Waals surface area (Å²) < 4.78 is 5.20. The van der Waals surface area contributed by atoms with Gasteiger partial charge in [0.2, 0.25) is 5.91 Å². The number of aromatic amines is 1. The maximum atomic E-state index is 12.0. The topological polar surface area (TPSA) is 79.4 Å². The van der Waals surface area contributed by atoms with Crippen molar-refractivity contribution < 1.29 is 9.53 Å². The van der Waals surface area contributed by atoms with Crippen LogP contribution in [0.5, 0.6) is 5.75 Å². The molecule has 1 amide bonds. The summed E-state index contributed by atoms with van der Waals surface area (Å²) in [5.41, 5.74) is 5.28. The second-order valence-corrected chi connectivity index (χ2v) is 8.71. The molecule has 0 aliphatic carbocycles. The van der Waals surface area contributed by atoms with E-state index in [0.29, 0.717) is 6.42 Å². The van der Waals surface area contributed by atoms with Crippen molar-refractivity contribution >= 4 is 12.1 Å². The molecule has 33 heavy (non-hydrogen) atoms. The van der Waals surface area contributed by atoms with Crippen LogP contribution in [0.4, 0.5) is 0 Å². The smallest absolute Gasteiger partial charge is 0.240 e. The SMILES string of the molecule is CCCCCCCCCCCCCCCC(=O)N/N=C/c1cn[nH]c1-c1ccc(OC)cc1. The maximum Gasteiger partial charge on any atom is 0.240 e. The van der Waals surface area contributed by atoms with Gasteiger partial charge in [-0.05, 0) is 30.7 Å². The number of carbonyl (C=O) groups excluding carboxylic acids is 1. The van der Waals surface area contributed by atoms with Gasteiger partial charge in [-0.1, -0.05) is 84.0 Å². The molecule has 0 fully saturated rings. The molecule has 0 radical (unpaired) electrons. The summed E-state index contributed by atoms with van der Waals surface area (Å²) in [7, 11) is 1.64. The molecule has 2 aromatic rings. The third-order valence-corrected chi connectivity index (χ3v) is 5.95. The van der Waals surface area contributed by atoms with Gasteiger partial charge in [0.25, 0.3) is 0 Å². The highest BCUT2D eigenvalue weighted by Gasteiger charge is 2.06. The van der Waals surface area contributed by atoms with Crippen LogP contribution in [0.25, 0.3) is 11.3 Å². The zero-order valence-electron chi connectivity index (χ0n) is 20.6. The molecule has 1 heterocycles. The lowest BCUT2D eigenvalue weighted by Crippen LogP contribution is -2.16. The summed E-state index contributed by atoms with van der Waals surface area (Å²) in [4.78, 5) is 12.0. The van der Waals surface area contributed by atoms with Gasteiger partial charge in [-0.3, -0.25) is 9.89 Å². The predicted octanol–water partition coefficient (Wildman–Crippen LogP) is 7.02. The van der Waals surface area contributed by atoms with Crippen molar-refractivity contribution in [2.75, 3.05) is 7.11 Å². The van der Waals surface area contributed by atoms with E-state index in [1.54, 1.807) is 19.5 Å². The number of ether oxygens (including phenoxy) is 1. The van der Waals surface area contributed by atoms with E-state index < -0.39 is 0 Å². The van der Waals surface area contributed by atoms with Crippen molar-refractivity contribution in [3.8, 4) is 17.0 Å². The molecule has 182 valence electrons. The number of unbranched alkanes of at least 4 members (excludes halogenated alkanes) is 12. The molecular weight excluding hydrogens is 412 g/mol. The minimum atomic E-state index is -0.0381. The Morgan fingerprint density at radius 1 is 0.939 bits per heavy atom. The fourth-order valence-electron chi connectivity index (χ4n) is 3.92. The van der Waals surface area contributed by atoms with Gasteiger partial charge in [-0.15, -0.1) is 0 Å². The number of hydrogen-bond acceptors (Lipinski definition) is 4. The molecule has 2 rings (SSSR count). The van der Waals surface area contributed by atoms with Crippen LogP contribution in [-0.4, -0.2) is 29.4 Å². The Bertz CT molecular complexity index is 799. The summed E-state index contributed by atoms with van der Waals surface area (Å²) in [6.07, 6.45) is 20.8. The summed E-state index contributed by atoms with van der Waals surface area (Å²) in [5.74, 6) is 0.762. The van der Waals surface area contributed by atoms with Gasteiger partial charge in [0, 0.05) is 17.5 Å². The maximum absolute atomic E-state index is 12.0. The summed E-state index contributed by atoms with van der Waals surface area (Å²) >= 11 is 0. The Labute approximate surface area is 199 Å². The Kier molecular flexibility index (Phi) is 13.7. The lowest BCUT2D eigenvalue weighted by atomic mass is 10.0. The minimum absolute atomic E-state index is 0.0381. The first-order valence-corrected chi connectivity index (χ1v) is 12.7. The van der Waals surface area contributed by atoms with E-state index in [1.165, 1.54) is 70.6 Å². The van der Waals surface area contributed by atoms with Crippen molar-refractivity contribution in [1.29, 1.82) is 0 Å². The lowest BCUT2D eigenvalue weighted by molar-refractivity contribution is -0.121. The van der Waals surface area contributed by atoms with E-state index in [1.807, 2.05) is 24.3 Å². The van der Waals surface area contributed by atoms with Crippen molar-refractivity contribution in [2.24, 2.45) is 5.10 Å². The molecule has 0 aliphatic heterocycles. The van der Waals surface area contributed by atoms with Crippen LogP contribution >= 0.6 is 0 Å². The van der Waals surface area contributed by atoms with Crippen LogP contribution in [0.1, 0.15) is 102 Å². The normalized spacial score (nSPS) is 11.2. The number of methoxy groups -OCH3 is 1. The van der Waals surface area contributed by atoms with E-state index in [-0.39, 0.29) is 5.91 Å². The third kappa shape index (κ3) is 11.2. The number of hydrazone groups is 1.